The number of H-pyrrole nitrogens is 1. The molecule has 0 aliphatic heterocycles. The van der Waals surface area contributed by atoms with Crippen molar-refractivity contribution < 1.29 is 9.84 Å². The summed E-state index contributed by atoms with van der Waals surface area (Å²) in [7, 11) is 1.63. The van der Waals surface area contributed by atoms with Crippen molar-refractivity contribution in [2.45, 2.75) is 20.3 Å². The molecule has 0 aliphatic rings. The molecule has 0 saturated heterocycles. The summed E-state index contributed by atoms with van der Waals surface area (Å²) in [5.41, 5.74) is 4.03. The number of allylic oxidation sites excluding steroid dienone is 2. The van der Waals surface area contributed by atoms with Crippen LogP contribution < -0.4 is 4.74 Å². The van der Waals surface area contributed by atoms with Crippen molar-refractivity contribution in [3.05, 3.63) is 58.9 Å². The lowest BCUT2D eigenvalue weighted by atomic mass is 10.0. The fraction of sp³-hybridized carbons (Fsp3) is 0.222. The van der Waals surface area contributed by atoms with Crippen LogP contribution in [0.1, 0.15) is 30.5 Å². The smallest absolute Gasteiger partial charge is 0.126 e. The zero-order valence-electron chi connectivity index (χ0n) is 12.7. The number of hydrogen-bond donors (Lipinski definition) is 2. The number of nitrogens with one attached hydrogen (secondary N) is 1. The molecular formula is C18H21NO2. The summed E-state index contributed by atoms with van der Waals surface area (Å²) in [5.74, 6) is 0.974. The van der Waals surface area contributed by atoms with E-state index in [0.29, 0.717) is 12.2 Å². The van der Waals surface area contributed by atoms with Crippen LogP contribution in [0.5, 0.6) is 11.5 Å². The monoisotopic (exact) mass is 283 g/mol. The lowest BCUT2D eigenvalue weighted by Crippen LogP contribution is -1.93. The number of phenols is 1. The third-order valence-corrected chi connectivity index (χ3v) is 3.23. The molecule has 0 spiro atoms. The van der Waals surface area contributed by atoms with E-state index in [1.54, 1.807) is 13.2 Å². The van der Waals surface area contributed by atoms with Crippen molar-refractivity contribution >= 4 is 12.2 Å². The number of rotatable bonds is 5. The van der Waals surface area contributed by atoms with Gasteiger partial charge in [-0.1, -0.05) is 23.8 Å². The minimum absolute atomic E-state index is 0.264. The summed E-state index contributed by atoms with van der Waals surface area (Å²) in [6, 6.07) is 5.69. The van der Waals surface area contributed by atoms with Gasteiger partial charge in [0, 0.05) is 18.0 Å². The summed E-state index contributed by atoms with van der Waals surface area (Å²) < 4.78 is 5.41. The van der Waals surface area contributed by atoms with Gasteiger partial charge in [0.1, 0.15) is 11.5 Å². The maximum Gasteiger partial charge on any atom is 0.126 e. The minimum atomic E-state index is 0.264. The van der Waals surface area contributed by atoms with Crippen LogP contribution in [0.25, 0.3) is 12.2 Å². The van der Waals surface area contributed by atoms with Gasteiger partial charge in [0.2, 0.25) is 0 Å². The number of methoxy groups -OCH3 is 1. The van der Waals surface area contributed by atoms with E-state index >= 15 is 0 Å². The molecule has 1 heterocycles. The number of ether oxygens (including phenoxy) is 1. The molecule has 21 heavy (non-hydrogen) atoms. The molecule has 2 rings (SSSR count). The second kappa shape index (κ2) is 6.84. The van der Waals surface area contributed by atoms with Crippen LogP contribution in [0.2, 0.25) is 0 Å². The van der Waals surface area contributed by atoms with Crippen molar-refractivity contribution in [2.75, 3.05) is 7.11 Å². The van der Waals surface area contributed by atoms with E-state index in [1.165, 1.54) is 5.57 Å². The number of aromatic hydroxyl groups is 1. The molecule has 1 aromatic carbocycles. The van der Waals surface area contributed by atoms with Gasteiger partial charge in [0.25, 0.3) is 0 Å². The predicted molar refractivity (Wildman–Crippen MR) is 87.5 cm³/mol. The van der Waals surface area contributed by atoms with Gasteiger partial charge in [-0.2, -0.15) is 0 Å². The number of hydrogen-bond acceptors (Lipinski definition) is 2. The Morgan fingerprint density at radius 2 is 2.00 bits per heavy atom. The molecule has 0 bridgehead atoms. The summed E-state index contributed by atoms with van der Waals surface area (Å²) in [4.78, 5) is 3.00. The van der Waals surface area contributed by atoms with Crippen molar-refractivity contribution in [1.82, 2.24) is 4.98 Å². The third-order valence-electron chi connectivity index (χ3n) is 3.23. The quantitative estimate of drug-likeness (QED) is 0.798. The molecule has 0 saturated carbocycles. The van der Waals surface area contributed by atoms with E-state index in [4.69, 9.17) is 4.74 Å². The van der Waals surface area contributed by atoms with Crippen LogP contribution in [0, 0.1) is 0 Å². The van der Waals surface area contributed by atoms with Crippen molar-refractivity contribution in [3.8, 4) is 11.5 Å². The predicted octanol–water partition coefficient (Wildman–Crippen LogP) is 4.41. The second-order valence-corrected chi connectivity index (χ2v) is 5.18. The summed E-state index contributed by atoms with van der Waals surface area (Å²) in [6.45, 7) is 4.08. The highest BCUT2D eigenvalue weighted by Crippen LogP contribution is 2.31. The largest absolute Gasteiger partial charge is 0.507 e. The van der Waals surface area contributed by atoms with Crippen LogP contribution >= 0.6 is 0 Å². The molecule has 3 nitrogen and oxygen atoms in total. The zero-order valence-corrected chi connectivity index (χ0v) is 12.7. The average molecular weight is 283 g/mol. The number of benzene rings is 1. The molecule has 2 aromatic rings. The van der Waals surface area contributed by atoms with Crippen LogP contribution in [-0.2, 0) is 6.42 Å². The summed E-state index contributed by atoms with van der Waals surface area (Å²) in [5, 5.41) is 10.2. The molecule has 2 N–H and O–H groups in total. The Morgan fingerprint density at radius 3 is 2.62 bits per heavy atom. The van der Waals surface area contributed by atoms with Crippen LogP contribution in [0.4, 0.5) is 0 Å². The van der Waals surface area contributed by atoms with Gasteiger partial charge in [-0.3, -0.25) is 0 Å². The first-order valence-electron chi connectivity index (χ1n) is 6.94. The number of aromatic nitrogens is 1. The fourth-order valence-electron chi connectivity index (χ4n) is 2.07. The summed E-state index contributed by atoms with van der Waals surface area (Å²) >= 11 is 0. The highest BCUT2D eigenvalue weighted by atomic mass is 16.5. The highest BCUT2D eigenvalue weighted by Gasteiger charge is 2.09. The molecule has 0 atom stereocenters. The minimum Gasteiger partial charge on any atom is -0.507 e. The molecule has 0 amide bonds. The Kier molecular flexibility index (Phi) is 4.88. The fourth-order valence-corrected chi connectivity index (χ4v) is 2.07. The Bertz CT molecular complexity index is 648. The molecule has 110 valence electrons. The maximum atomic E-state index is 10.2. The lowest BCUT2D eigenvalue weighted by molar-refractivity contribution is 0.401. The molecule has 1 aromatic heterocycles. The maximum absolute atomic E-state index is 10.2. The molecule has 0 radical (unpaired) electrons. The van der Waals surface area contributed by atoms with Crippen molar-refractivity contribution in [3.63, 3.8) is 0 Å². The van der Waals surface area contributed by atoms with E-state index in [9.17, 15) is 5.11 Å². The first kappa shape index (κ1) is 15.0. The van der Waals surface area contributed by atoms with Gasteiger partial charge in [-0.25, -0.2) is 0 Å². The third kappa shape index (κ3) is 4.02. The molecule has 0 aliphatic carbocycles. The molecule has 0 fully saturated rings. The molecule has 0 unspecified atom stereocenters. The van der Waals surface area contributed by atoms with Gasteiger partial charge < -0.3 is 14.8 Å². The Balaban J connectivity index is 2.29. The number of aromatic amines is 1. The topological polar surface area (TPSA) is 45.2 Å². The van der Waals surface area contributed by atoms with Crippen LogP contribution in [-0.4, -0.2) is 17.2 Å². The zero-order chi connectivity index (χ0) is 15.2. The van der Waals surface area contributed by atoms with Gasteiger partial charge >= 0.3 is 0 Å². The first-order chi connectivity index (χ1) is 10.1. The van der Waals surface area contributed by atoms with Crippen LogP contribution in [0.15, 0.2) is 42.2 Å². The van der Waals surface area contributed by atoms with E-state index in [1.807, 2.05) is 50.5 Å². The lowest BCUT2D eigenvalue weighted by Gasteiger charge is -2.10. The van der Waals surface area contributed by atoms with Gasteiger partial charge in [0.15, 0.2) is 0 Å². The van der Waals surface area contributed by atoms with Gasteiger partial charge in [-0.15, -0.1) is 0 Å². The van der Waals surface area contributed by atoms with Gasteiger partial charge in [0.05, 0.1) is 7.11 Å². The molecule has 3 heteroatoms. The SMILES string of the molecule is COc1cc(/C=C/c2cc[nH]c2)cc(O)c1CC=C(C)C. The Morgan fingerprint density at radius 1 is 1.24 bits per heavy atom. The average Bonchev–Trinajstić information content (AvgIpc) is 2.96. The van der Waals surface area contributed by atoms with Crippen molar-refractivity contribution in [1.29, 1.82) is 0 Å². The highest BCUT2D eigenvalue weighted by molar-refractivity contribution is 5.71. The summed E-state index contributed by atoms with van der Waals surface area (Å²) in [6.07, 6.45) is 10.5. The van der Waals surface area contributed by atoms with Crippen LogP contribution in [0.3, 0.4) is 0 Å². The van der Waals surface area contributed by atoms with E-state index in [0.717, 1.165) is 16.7 Å². The Labute approximate surface area is 125 Å². The number of phenolic OH excluding ortho intramolecular Hbond substituents is 1. The Hall–Kier alpha value is -2.42. The standard InChI is InChI=1S/C18H21NO2/c1-13(2)4-7-16-17(20)10-15(11-18(16)21-3)6-5-14-8-9-19-12-14/h4-6,8-12,19-20H,7H2,1-3H3/b6-5+. The van der Waals surface area contributed by atoms with Crippen molar-refractivity contribution in [2.24, 2.45) is 0 Å². The normalized spacial score (nSPS) is 10.8. The van der Waals surface area contributed by atoms with E-state index in [2.05, 4.69) is 11.1 Å². The second-order valence-electron chi connectivity index (χ2n) is 5.18. The van der Waals surface area contributed by atoms with E-state index < -0.39 is 0 Å². The van der Waals surface area contributed by atoms with E-state index in [-0.39, 0.29) is 5.75 Å². The molecular weight excluding hydrogens is 262 g/mol. The first-order valence-corrected chi connectivity index (χ1v) is 6.94. The van der Waals surface area contributed by atoms with Gasteiger partial charge in [-0.05, 0) is 49.6 Å².